The van der Waals surface area contributed by atoms with E-state index in [1.165, 1.54) is 11.3 Å². The van der Waals surface area contributed by atoms with Crippen LogP contribution < -0.4 is 10.2 Å². The van der Waals surface area contributed by atoms with Crippen molar-refractivity contribution in [2.75, 3.05) is 36.4 Å². The monoisotopic (exact) mass is 378 g/mol. The van der Waals surface area contributed by atoms with E-state index >= 15 is 0 Å². The molecule has 5 nitrogen and oxygen atoms in total. The molecule has 3 heterocycles. The summed E-state index contributed by atoms with van der Waals surface area (Å²) in [6, 6.07) is 9.56. The number of thiazole rings is 1. The van der Waals surface area contributed by atoms with Gasteiger partial charge in [-0.15, -0.1) is 11.3 Å². The third kappa shape index (κ3) is 3.19. The number of hydrogen-bond donors (Lipinski definition) is 1. The highest BCUT2D eigenvalue weighted by molar-refractivity contribution is 7.22. The van der Waals surface area contributed by atoms with E-state index in [-0.39, 0.29) is 6.03 Å². The molecule has 4 rings (SSSR count). The summed E-state index contributed by atoms with van der Waals surface area (Å²) in [6.07, 6.45) is 0. The second kappa shape index (κ2) is 6.58. The predicted octanol–water partition coefficient (Wildman–Crippen LogP) is 4.37. The second-order valence-corrected chi connectivity index (χ2v) is 7.88. The van der Waals surface area contributed by atoms with Crippen molar-refractivity contribution in [3.8, 4) is 0 Å². The summed E-state index contributed by atoms with van der Waals surface area (Å²) >= 11 is 9.21. The zero-order valence-corrected chi connectivity index (χ0v) is 15.1. The Morgan fingerprint density at radius 3 is 2.79 bits per heavy atom. The van der Waals surface area contributed by atoms with Crippen LogP contribution in [0, 0.1) is 0 Å². The molecule has 0 aliphatic carbocycles. The molecule has 24 heavy (non-hydrogen) atoms. The maximum atomic E-state index is 12.3. The highest BCUT2D eigenvalue weighted by Crippen LogP contribution is 2.31. The van der Waals surface area contributed by atoms with E-state index in [0.717, 1.165) is 38.5 Å². The summed E-state index contributed by atoms with van der Waals surface area (Å²) in [5.74, 6) is 0. The number of thiophene rings is 1. The number of carbonyl (C=O) groups is 1. The third-order valence-corrected chi connectivity index (χ3v) is 6.03. The number of anilines is 2. The van der Waals surface area contributed by atoms with E-state index in [4.69, 9.17) is 11.6 Å². The molecule has 8 heteroatoms. The van der Waals surface area contributed by atoms with Crippen LogP contribution in [0.25, 0.3) is 10.2 Å². The lowest BCUT2D eigenvalue weighted by Crippen LogP contribution is -2.50. The number of hydrogen-bond acceptors (Lipinski definition) is 5. The number of amides is 2. The number of nitrogens with zero attached hydrogens (tertiary/aromatic N) is 3. The molecule has 124 valence electrons. The van der Waals surface area contributed by atoms with Gasteiger partial charge in [-0.3, -0.25) is 5.32 Å². The molecule has 2 aromatic heterocycles. The number of benzene rings is 1. The van der Waals surface area contributed by atoms with E-state index in [2.05, 4.69) is 15.2 Å². The van der Waals surface area contributed by atoms with Gasteiger partial charge in [0.25, 0.3) is 0 Å². The molecule has 1 aliphatic heterocycles. The van der Waals surface area contributed by atoms with Crippen LogP contribution in [0.2, 0.25) is 5.02 Å². The van der Waals surface area contributed by atoms with Crippen LogP contribution in [0.15, 0.2) is 35.7 Å². The molecule has 0 atom stereocenters. The first-order valence-electron chi connectivity index (χ1n) is 7.59. The van der Waals surface area contributed by atoms with Gasteiger partial charge in [-0.25, -0.2) is 9.78 Å². The largest absolute Gasteiger partial charge is 0.345 e. The Labute approximate surface area is 152 Å². The number of nitrogens with one attached hydrogen (secondary N) is 1. The van der Waals surface area contributed by atoms with Crippen LogP contribution in [-0.4, -0.2) is 42.1 Å². The lowest BCUT2D eigenvalue weighted by Gasteiger charge is -2.34. The summed E-state index contributed by atoms with van der Waals surface area (Å²) in [4.78, 5) is 21.0. The van der Waals surface area contributed by atoms with Gasteiger partial charge in [0.05, 0.1) is 15.2 Å². The van der Waals surface area contributed by atoms with Crippen LogP contribution >= 0.6 is 34.3 Å². The van der Waals surface area contributed by atoms with Gasteiger partial charge < -0.3 is 9.80 Å². The van der Waals surface area contributed by atoms with Crippen molar-refractivity contribution in [2.45, 2.75) is 0 Å². The lowest BCUT2D eigenvalue weighted by molar-refractivity contribution is 0.208. The van der Waals surface area contributed by atoms with Crippen LogP contribution in [-0.2, 0) is 0 Å². The Bertz CT molecular complexity index is 856. The Balaban J connectivity index is 1.40. The van der Waals surface area contributed by atoms with Gasteiger partial charge in [-0.2, -0.15) is 0 Å². The van der Waals surface area contributed by atoms with E-state index in [1.54, 1.807) is 11.3 Å². The molecule has 1 aromatic carbocycles. The molecule has 2 amide bonds. The molecular formula is C16H15ClN4OS2. The van der Waals surface area contributed by atoms with Crippen molar-refractivity contribution in [1.82, 2.24) is 9.88 Å². The van der Waals surface area contributed by atoms with Gasteiger partial charge in [0, 0.05) is 31.2 Å². The first-order chi connectivity index (χ1) is 11.7. The zero-order valence-electron chi connectivity index (χ0n) is 12.7. The van der Waals surface area contributed by atoms with Crippen molar-refractivity contribution < 1.29 is 4.79 Å². The van der Waals surface area contributed by atoms with Crippen molar-refractivity contribution in [3.63, 3.8) is 0 Å². The normalized spacial score (nSPS) is 15.0. The van der Waals surface area contributed by atoms with Crippen LogP contribution in [0.4, 0.5) is 14.9 Å². The van der Waals surface area contributed by atoms with E-state index in [1.807, 2.05) is 40.6 Å². The van der Waals surface area contributed by atoms with Crippen LogP contribution in [0.5, 0.6) is 0 Å². The van der Waals surface area contributed by atoms with Gasteiger partial charge >= 0.3 is 6.03 Å². The molecule has 1 aliphatic rings. The summed E-state index contributed by atoms with van der Waals surface area (Å²) in [7, 11) is 0. The summed E-state index contributed by atoms with van der Waals surface area (Å²) in [5, 5.41) is 7.49. The zero-order chi connectivity index (χ0) is 16.5. The highest BCUT2D eigenvalue weighted by atomic mass is 35.5. The molecule has 3 aromatic rings. The van der Waals surface area contributed by atoms with Crippen LogP contribution in [0.3, 0.4) is 0 Å². The third-order valence-electron chi connectivity index (χ3n) is 3.93. The lowest BCUT2D eigenvalue weighted by atomic mass is 10.3. The number of halogens is 1. The quantitative estimate of drug-likeness (QED) is 0.720. The van der Waals surface area contributed by atoms with Gasteiger partial charge in [0.1, 0.15) is 0 Å². The van der Waals surface area contributed by atoms with Crippen molar-refractivity contribution in [3.05, 3.63) is 40.7 Å². The Morgan fingerprint density at radius 2 is 2.04 bits per heavy atom. The SMILES string of the molecule is O=C(Nc1cccs1)N1CCN(c2nc3ccc(Cl)cc3s2)CC1. The van der Waals surface area contributed by atoms with E-state index in [9.17, 15) is 4.79 Å². The Morgan fingerprint density at radius 1 is 1.21 bits per heavy atom. The fourth-order valence-corrected chi connectivity index (χ4v) is 4.56. The molecule has 0 spiro atoms. The minimum absolute atomic E-state index is 0.0341. The molecule has 1 fully saturated rings. The molecule has 0 bridgehead atoms. The maximum Gasteiger partial charge on any atom is 0.322 e. The average molecular weight is 379 g/mol. The molecular weight excluding hydrogens is 364 g/mol. The second-order valence-electron chi connectivity index (χ2n) is 5.49. The number of carbonyl (C=O) groups excluding carboxylic acids is 1. The molecule has 1 N–H and O–H groups in total. The minimum atomic E-state index is -0.0341. The maximum absolute atomic E-state index is 12.3. The van der Waals surface area contributed by atoms with Gasteiger partial charge in [0.15, 0.2) is 5.13 Å². The number of urea groups is 1. The first kappa shape index (κ1) is 15.7. The molecule has 0 radical (unpaired) electrons. The standard InChI is InChI=1S/C16H15ClN4OS2/c17-11-3-4-12-13(10-11)24-16(18-12)21-7-5-20(6-8-21)15(22)19-14-2-1-9-23-14/h1-4,9-10H,5-8H2,(H,19,22). The fourth-order valence-electron chi connectivity index (χ4n) is 2.66. The molecule has 1 saturated heterocycles. The summed E-state index contributed by atoms with van der Waals surface area (Å²) < 4.78 is 1.09. The van der Waals surface area contributed by atoms with Gasteiger partial charge in [-0.1, -0.05) is 22.9 Å². The Hall–Kier alpha value is -1.83. The van der Waals surface area contributed by atoms with Crippen molar-refractivity contribution in [2.24, 2.45) is 0 Å². The first-order valence-corrected chi connectivity index (χ1v) is 9.67. The summed E-state index contributed by atoms with van der Waals surface area (Å²) in [6.45, 7) is 2.94. The average Bonchev–Trinajstić information content (AvgIpc) is 3.24. The number of fused-ring (bicyclic) bond motifs is 1. The van der Waals surface area contributed by atoms with Gasteiger partial charge in [-0.05, 0) is 35.7 Å². The molecule has 0 saturated carbocycles. The van der Waals surface area contributed by atoms with Crippen LogP contribution in [0.1, 0.15) is 0 Å². The number of rotatable bonds is 2. The smallest absolute Gasteiger partial charge is 0.322 e. The minimum Gasteiger partial charge on any atom is -0.345 e. The number of aromatic nitrogens is 1. The van der Waals surface area contributed by atoms with Gasteiger partial charge in [0.2, 0.25) is 0 Å². The highest BCUT2D eigenvalue weighted by Gasteiger charge is 2.23. The summed E-state index contributed by atoms with van der Waals surface area (Å²) in [5.41, 5.74) is 0.970. The van der Waals surface area contributed by atoms with Crippen molar-refractivity contribution in [1.29, 1.82) is 0 Å². The molecule has 0 unspecified atom stereocenters. The Kier molecular flexibility index (Phi) is 4.30. The predicted molar refractivity (Wildman–Crippen MR) is 102 cm³/mol. The fraction of sp³-hybridized carbons (Fsp3) is 0.250. The van der Waals surface area contributed by atoms with E-state index < -0.39 is 0 Å². The van der Waals surface area contributed by atoms with E-state index in [0.29, 0.717) is 13.1 Å². The van der Waals surface area contributed by atoms with Crippen molar-refractivity contribution >= 4 is 60.7 Å². The topological polar surface area (TPSA) is 48.5 Å². The number of piperazine rings is 1.